The van der Waals surface area contributed by atoms with Gasteiger partial charge in [-0.2, -0.15) is 5.10 Å². The summed E-state index contributed by atoms with van der Waals surface area (Å²) in [5, 5.41) is 13.0. The lowest BCUT2D eigenvalue weighted by Gasteiger charge is -2.13. The van der Waals surface area contributed by atoms with Gasteiger partial charge in [0.2, 0.25) is 0 Å². The van der Waals surface area contributed by atoms with Crippen LogP contribution in [0.2, 0.25) is 15.1 Å². The second kappa shape index (κ2) is 17.5. The molecule has 0 unspecified atom stereocenters. The van der Waals surface area contributed by atoms with Crippen molar-refractivity contribution in [3.63, 3.8) is 0 Å². The average molecular weight is 794 g/mol. The Hall–Kier alpha value is -5.27. The predicted octanol–water partition coefficient (Wildman–Crippen LogP) is 9.49. The summed E-state index contributed by atoms with van der Waals surface area (Å²) in [6.45, 7) is -0.0445. The van der Waals surface area contributed by atoms with E-state index in [1.54, 1.807) is 72.8 Å². The number of nitrogens with zero attached hydrogens (tertiary/aromatic N) is 3. The molecule has 0 radical (unpaired) electrons. The first kappa shape index (κ1) is 37.5. The van der Waals surface area contributed by atoms with Crippen molar-refractivity contribution in [2.24, 2.45) is 10.2 Å². The van der Waals surface area contributed by atoms with E-state index in [0.717, 1.165) is 17.3 Å². The summed E-state index contributed by atoms with van der Waals surface area (Å²) >= 11 is 19.7. The number of hydrogen-bond donors (Lipinski definition) is 1. The molecule has 1 aliphatic rings. The third-order valence-corrected chi connectivity index (χ3v) is 9.28. The third kappa shape index (κ3) is 9.99. The molecule has 270 valence electrons. The molecule has 2 heterocycles. The molecule has 1 aliphatic heterocycles. The van der Waals surface area contributed by atoms with E-state index >= 15 is 0 Å². The maximum atomic E-state index is 13.7. The lowest BCUT2D eigenvalue weighted by atomic mass is 10.2. The topological polar surface area (TPSA) is 115 Å². The molecule has 4 aromatic carbocycles. The van der Waals surface area contributed by atoms with Crippen LogP contribution in [0.1, 0.15) is 22.5 Å². The van der Waals surface area contributed by atoms with E-state index in [-0.39, 0.29) is 25.7 Å². The minimum Gasteiger partial charge on any atom is -0.493 e. The van der Waals surface area contributed by atoms with Crippen molar-refractivity contribution in [3.8, 4) is 17.2 Å². The Morgan fingerprint density at radius 3 is 2.47 bits per heavy atom. The highest BCUT2D eigenvalue weighted by Crippen LogP contribution is 2.36. The van der Waals surface area contributed by atoms with Gasteiger partial charge < -0.3 is 23.9 Å². The highest BCUT2D eigenvalue weighted by molar-refractivity contribution is 8.18. The zero-order valence-corrected chi connectivity index (χ0v) is 30.8. The normalized spacial score (nSPS) is 14.4. The highest BCUT2D eigenvalue weighted by Gasteiger charge is 2.34. The fraction of sp³-hybridized carbons (Fsp3) is 0.105. The van der Waals surface area contributed by atoms with Crippen molar-refractivity contribution in [3.05, 3.63) is 145 Å². The number of halogens is 4. The van der Waals surface area contributed by atoms with Crippen LogP contribution in [0, 0.1) is 5.82 Å². The molecule has 53 heavy (non-hydrogen) atoms. The fourth-order valence-corrected chi connectivity index (χ4v) is 6.45. The molecule has 15 heteroatoms. The van der Waals surface area contributed by atoms with E-state index in [4.69, 9.17) is 53.4 Å². The number of methoxy groups -OCH3 is 1. The second-order valence-corrected chi connectivity index (χ2v) is 13.5. The van der Waals surface area contributed by atoms with Gasteiger partial charge in [0, 0.05) is 31.9 Å². The average Bonchev–Trinajstić information content (AvgIpc) is 3.76. The number of rotatable bonds is 13. The summed E-state index contributed by atoms with van der Waals surface area (Å²) in [4.78, 5) is 28.0. The van der Waals surface area contributed by atoms with Crippen molar-refractivity contribution in [1.29, 1.82) is 0 Å². The second-order valence-electron chi connectivity index (χ2n) is 11.2. The number of hydrogen-bond acceptors (Lipinski definition) is 9. The van der Waals surface area contributed by atoms with E-state index in [1.807, 2.05) is 0 Å². The number of furan rings is 1. The van der Waals surface area contributed by atoms with E-state index < -0.39 is 11.7 Å². The van der Waals surface area contributed by atoms with Gasteiger partial charge in [0.25, 0.3) is 11.8 Å². The maximum Gasteiger partial charge on any atom is 0.267 e. The van der Waals surface area contributed by atoms with Crippen LogP contribution in [0.3, 0.4) is 0 Å². The number of amidine groups is 1. The number of ether oxygens (including phenoxy) is 3. The minimum absolute atomic E-state index is 0.102. The number of carbonyl (C=O) groups excluding carboxylic acids is 2. The molecule has 1 N–H and O–H groups in total. The van der Waals surface area contributed by atoms with Gasteiger partial charge in [0.15, 0.2) is 23.3 Å². The number of amides is 2. The Kier molecular flexibility index (Phi) is 12.4. The molecule has 1 fully saturated rings. The van der Waals surface area contributed by atoms with Gasteiger partial charge in [0.05, 0.1) is 31.0 Å². The van der Waals surface area contributed by atoms with E-state index in [0.29, 0.717) is 65.0 Å². The SMILES string of the molecule is COc1cc(/C=N/N=C2\S/C(=C\c3cc(Cl)ccc3OCC(=O)Nc3ccc(F)cc3)C(=O)N2Cc2ccco2)ccc1OCc1ccc(Cl)cc1Cl. The fourth-order valence-electron chi connectivity index (χ4n) is 4.88. The summed E-state index contributed by atoms with van der Waals surface area (Å²) in [5.41, 5.74) is 2.30. The smallest absolute Gasteiger partial charge is 0.267 e. The molecular formula is C38H28Cl3FN4O6S. The number of nitrogens with one attached hydrogen (secondary N) is 1. The van der Waals surface area contributed by atoms with Crippen molar-refractivity contribution < 1.29 is 32.6 Å². The maximum absolute atomic E-state index is 13.7. The molecule has 2 amide bonds. The zero-order chi connectivity index (χ0) is 37.3. The molecule has 0 aliphatic carbocycles. The van der Waals surface area contributed by atoms with Gasteiger partial charge in [-0.15, -0.1) is 5.10 Å². The van der Waals surface area contributed by atoms with Crippen molar-refractivity contribution in [2.45, 2.75) is 13.2 Å². The van der Waals surface area contributed by atoms with Crippen LogP contribution < -0.4 is 19.5 Å². The first-order valence-corrected chi connectivity index (χ1v) is 17.7. The molecule has 0 saturated carbocycles. The molecule has 1 saturated heterocycles. The first-order valence-electron chi connectivity index (χ1n) is 15.7. The van der Waals surface area contributed by atoms with Gasteiger partial charge in [-0.1, -0.05) is 40.9 Å². The Morgan fingerprint density at radius 1 is 0.943 bits per heavy atom. The van der Waals surface area contributed by atoms with Crippen LogP contribution in [0.4, 0.5) is 10.1 Å². The van der Waals surface area contributed by atoms with Gasteiger partial charge in [-0.25, -0.2) is 4.39 Å². The summed E-state index contributed by atoms with van der Waals surface area (Å²) < 4.78 is 36.0. The van der Waals surface area contributed by atoms with E-state index in [9.17, 15) is 14.0 Å². The Labute approximate surface area is 322 Å². The Bertz CT molecular complexity index is 2210. The predicted molar refractivity (Wildman–Crippen MR) is 206 cm³/mol. The number of thioether (sulfide) groups is 1. The van der Waals surface area contributed by atoms with Crippen molar-refractivity contribution in [2.75, 3.05) is 19.0 Å². The summed E-state index contributed by atoms with van der Waals surface area (Å²) in [6, 6.07) is 24.1. The van der Waals surface area contributed by atoms with Gasteiger partial charge >= 0.3 is 0 Å². The van der Waals surface area contributed by atoms with Gasteiger partial charge in [-0.05, 0) is 108 Å². The highest BCUT2D eigenvalue weighted by atomic mass is 35.5. The van der Waals surface area contributed by atoms with Crippen LogP contribution in [0.25, 0.3) is 6.08 Å². The van der Waals surface area contributed by atoms with Crippen LogP contribution in [-0.4, -0.2) is 41.8 Å². The van der Waals surface area contributed by atoms with Gasteiger partial charge in [-0.3, -0.25) is 14.5 Å². The molecule has 0 spiro atoms. The van der Waals surface area contributed by atoms with Crippen LogP contribution >= 0.6 is 46.6 Å². The molecular weight excluding hydrogens is 766 g/mol. The minimum atomic E-state index is -0.462. The van der Waals surface area contributed by atoms with E-state index in [1.165, 1.54) is 48.8 Å². The Morgan fingerprint density at radius 2 is 1.72 bits per heavy atom. The largest absolute Gasteiger partial charge is 0.493 e. The third-order valence-electron chi connectivity index (χ3n) is 7.46. The van der Waals surface area contributed by atoms with Crippen LogP contribution in [0.15, 0.2) is 117 Å². The van der Waals surface area contributed by atoms with Crippen molar-refractivity contribution in [1.82, 2.24) is 4.90 Å². The molecule has 10 nitrogen and oxygen atoms in total. The summed E-state index contributed by atoms with van der Waals surface area (Å²) in [7, 11) is 1.53. The number of benzene rings is 4. The van der Waals surface area contributed by atoms with Crippen LogP contribution in [0.5, 0.6) is 17.2 Å². The monoisotopic (exact) mass is 792 g/mol. The van der Waals surface area contributed by atoms with E-state index in [2.05, 4.69) is 15.5 Å². The lowest BCUT2D eigenvalue weighted by molar-refractivity contribution is -0.122. The quantitative estimate of drug-likeness (QED) is 0.0718. The summed E-state index contributed by atoms with van der Waals surface area (Å²) in [5.74, 6) is 0.570. The van der Waals surface area contributed by atoms with Gasteiger partial charge in [0.1, 0.15) is 23.9 Å². The first-order chi connectivity index (χ1) is 25.6. The number of anilines is 1. The Balaban J connectivity index is 1.19. The molecule has 0 atom stereocenters. The van der Waals surface area contributed by atoms with Crippen LogP contribution in [-0.2, 0) is 22.7 Å². The molecule has 1 aromatic heterocycles. The molecule has 5 aromatic rings. The lowest BCUT2D eigenvalue weighted by Crippen LogP contribution is -2.28. The standard InChI is InChI=1S/C38H28Cl3FN4O6S/c1-49-34-15-23(4-12-33(34)51-21-24-5-6-27(40)18-31(24)41)19-43-45-38-46(20-30-3-2-14-50-30)37(48)35(53-38)17-25-16-26(39)7-13-32(25)52-22-36(47)44-29-10-8-28(42)9-11-29/h2-19H,20-22H2,1H3,(H,44,47)/b35-17-,43-19+,45-38-. The summed E-state index contributed by atoms with van der Waals surface area (Å²) in [6.07, 6.45) is 4.64. The van der Waals surface area contributed by atoms with Crippen molar-refractivity contribution >= 4 is 81.5 Å². The zero-order valence-electron chi connectivity index (χ0n) is 27.7. The number of carbonyl (C=O) groups is 2. The molecule has 6 rings (SSSR count). The molecule has 0 bridgehead atoms.